The van der Waals surface area contributed by atoms with Gasteiger partial charge in [0.25, 0.3) is 0 Å². The minimum absolute atomic E-state index is 0.135. The summed E-state index contributed by atoms with van der Waals surface area (Å²) in [5, 5.41) is 0. The molecule has 0 saturated heterocycles. The Morgan fingerprint density at radius 2 is 1.54 bits per heavy atom. The number of hydrogen-bond donors (Lipinski definition) is 0. The molecule has 148 valence electrons. The van der Waals surface area contributed by atoms with E-state index in [1.165, 1.54) is 7.11 Å². The number of carbonyl (C=O) groups excluding carboxylic acids is 3. The molecule has 0 aliphatic carbocycles. The first-order chi connectivity index (χ1) is 13.5. The third kappa shape index (κ3) is 5.19. The quantitative estimate of drug-likeness (QED) is 0.394. The molecule has 0 N–H and O–H groups in total. The molecular formula is C22H24O6. The second kappa shape index (κ2) is 10.3. The van der Waals surface area contributed by atoms with Crippen molar-refractivity contribution in [2.45, 2.75) is 20.3 Å². The molecule has 6 nitrogen and oxygen atoms in total. The maximum atomic E-state index is 12.3. The SMILES string of the molecule is CCOC(=O)C(Cc1ccccc1-c1cccc(C(=O)OC)c1)C(=O)OCC. The van der Waals surface area contributed by atoms with Gasteiger partial charge in [-0.15, -0.1) is 0 Å². The van der Waals surface area contributed by atoms with E-state index in [1.807, 2.05) is 30.3 Å². The average Bonchev–Trinajstić information content (AvgIpc) is 2.72. The Kier molecular flexibility index (Phi) is 7.75. The molecule has 0 spiro atoms. The summed E-state index contributed by atoms with van der Waals surface area (Å²) in [7, 11) is 1.33. The van der Waals surface area contributed by atoms with E-state index in [1.54, 1.807) is 32.0 Å². The highest BCUT2D eigenvalue weighted by atomic mass is 16.6. The fourth-order valence-electron chi connectivity index (χ4n) is 2.88. The number of benzene rings is 2. The van der Waals surface area contributed by atoms with Crippen LogP contribution < -0.4 is 0 Å². The van der Waals surface area contributed by atoms with Gasteiger partial charge in [-0.1, -0.05) is 36.4 Å². The summed E-state index contributed by atoms with van der Waals surface area (Å²) in [6.07, 6.45) is 0.135. The van der Waals surface area contributed by atoms with E-state index in [0.717, 1.165) is 16.7 Å². The van der Waals surface area contributed by atoms with E-state index in [4.69, 9.17) is 14.2 Å². The summed E-state index contributed by atoms with van der Waals surface area (Å²) in [4.78, 5) is 36.5. The number of esters is 3. The van der Waals surface area contributed by atoms with Gasteiger partial charge >= 0.3 is 17.9 Å². The van der Waals surface area contributed by atoms with Gasteiger partial charge in [-0.25, -0.2) is 4.79 Å². The van der Waals surface area contributed by atoms with Crippen molar-refractivity contribution in [1.29, 1.82) is 0 Å². The Bertz CT molecular complexity index is 824. The number of hydrogen-bond acceptors (Lipinski definition) is 6. The molecule has 0 amide bonds. The van der Waals surface area contributed by atoms with Crippen molar-refractivity contribution in [1.82, 2.24) is 0 Å². The average molecular weight is 384 g/mol. The van der Waals surface area contributed by atoms with Crippen LogP contribution in [-0.2, 0) is 30.2 Å². The standard InChI is InChI=1S/C22H24O6/c1-4-27-21(24)19(22(25)28-5-2)14-16-9-6-7-12-18(16)15-10-8-11-17(13-15)20(23)26-3/h6-13,19H,4-5,14H2,1-3H3. The van der Waals surface area contributed by atoms with E-state index in [2.05, 4.69) is 0 Å². The monoisotopic (exact) mass is 384 g/mol. The Morgan fingerprint density at radius 3 is 2.14 bits per heavy atom. The summed E-state index contributed by atoms with van der Waals surface area (Å²) in [6, 6.07) is 14.4. The van der Waals surface area contributed by atoms with Crippen molar-refractivity contribution in [2.24, 2.45) is 5.92 Å². The number of carbonyl (C=O) groups is 3. The molecule has 0 bridgehead atoms. The van der Waals surface area contributed by atoms with Crippen LogP contribution in [0.5, 0.6) is 0 Å². The molecule has 2 rings (SSSR count). The highest BCUT2D eigenvalue weighted by Gasteiger charge is 2.30. The van der Waals surface area contributed by atoms with Crippen LogP contribution in [-0.4, -0.2) is 38.2 Å². The molecule has 2 aromatic carbocycles. The summed E-state index contributed by atoms with van der Waals surface area (Å²) < 4.78 is 14.9. The highest BCUT2D eigenvalue weighted by molar-refractivity contribution is 5.95. The molecule has 6 heteroatoms. The molecule has 0 unspecified atom stereocenters. The third-order valence-corrected chi connectivity index (χ3v) is 4.18. The van der Waals surface area contributed by atoms with E-state index >= 15 is 0 Å². The molecule has 0 atom stereocenters. The van der Waals surface area contributed by atoms with Gasteiger partial charge in [0.1, 0.15) is 0 Å². The molecular weight excluding hydrogens is 360 g/mol. The lowest BCUT2D eigenvalue weighted by Crippen LogP contribution is -2.30. The van der Waals surface area contributed by atoms with Crippen LogP contribution in [0.2, 0.25) is 0 Å². The van der Waals surface area contributed by atoms with E-state index in [-0.39, 0.29) is 19.6 Å². The first kappa shape index (κ1) is 21.2. The molecule has 0 aromatic heterocycles. The zero-order valence-corrected chi connectivity index (χ0v) is 16.3. The first-order valence-corrected chi connectivity index (χ1v) is 9.11. The predicted octanol–water partition coefficient (Wildman–Crippen LogP) is 3.43. The lowest BCUT2D eigenvalue weighted by molar-refractivity contribution is -0.161. The van der Waals surface area contributed by atoms with Crippen LogP contribution in [0.1, 0.15) is 29.8 Å². The van der Waals surface area contributed by atoms with Crippen molar-refractivity contribution in [2.75, 3.05) is 20.3 Å². The van der Waals surface area contributed by atoms with Crippen LogP contribution in [0.3, 0.4) is 0 Å². The van der Waals surface area contributed by atoms with Crippen LogP contribution in [0, 0.1) is 5.92 Å². The van der Waals surface area contributed by atoms with E-state index < -0.39 is 23.8 Å². The maximum Gasteiger partial charge on any atom is 0.337 e. The lowest BCUT2D eigenvalue weighted by atomic mass is 9.91. The minimum Gasteiger partial charge on any atom is -0.465 e. The molecule has 0 saturated carbocycles. The molecule has 0 heterocycles. The zero-order valence-electron chi connectivity index (χ0n) is 16.3. The molecule has 0 fully saturated rings. The van der Waals surface area contributed by atoms with Gasteiger partial charge in [-0.2, -0.15) is 0 Å². The highest BCUT2D eigenvalue weighted by Crippen LogP contribution is 2.27. The van der Waals surface area contributed by atoms with Gasteiger partial charge in [0.05, 0.1) is 25.9 Å². The summed E-state index contributed by atoms with van der Waals surface area (Å²) in [5.74, 6) is -2.71. The Hall–Kier alpha value is -3.15. The second-order valence-corrected chi connectivity index (χ2v) is 5.99. The largest absolute Gasteiger partial charge is 0.465 e. The van der Waals surface area contributed by atoms with Gasteiger partial charge in [-0.05, 0) is 49.1 Å². The molecule has 0 aliphatic rings. The predicted molar refractivity (Wildman–Crippen MR) is 104 cm³/mol. The van der Waals surface area contributed by atoms with Crippen LogP contribution in [0.25, 0.3) is 11.1 Å². The fourth-order valence-corrected chi connectivity index (χ4v) is 2.88. The topological polar surface area (TPSA) is 78.9 Å². The zero-order chi connectivity index (χ0) is 20.5. The molecule has 0 radical (unpaired) electrons. The number of methoxy groups -OCH3 is 1. The third-order valence-electron chi connectivity index (χ3n) is 4.18. The van der Waals surface area contributed by atoms with Gasteiger partial charge in [-0.3, -0.25) is 9.59 Å². The van der Waals surface area contributed by atoms with Gasteiger partial charge < -0.3 is 14.2 Å². The number of ether oxygens (including phenoxy) is 3. The Balaban J connectivity index is 2.40. The van der Waals surface area contributed by atoms with Crippen molar-refractivity contribution in [3.05, 3.63) is 59.7 Å². The number of rotatable bonds is 8. The first-order valence-electron chi connectivity index (χ1n) is 9.11. The fraction of sp³-hybridized carbons (Fsp3) is 0.318. The van der Waals surface area contributed by atoms with Crippen LogP contribution in [0.15, 0.2) is 48.5 Å². The smallest absolute Gasteiger partial charge is 0.337 e. The molecule has 28 heavy (non-hydrogen) atoms. The van der Waals surface area contributed by atoms with Crippen molar-refractivity contribution < 1.29 is 28.6 Å². The van der Waals surface area contributed by atoms with Crippen LogP contribution in [0.4, 0.5) is 0 Å². The van der Waals surface area contributed by atoms with Crippen molar-refractivity contribution in [3.8, 4) is 11.1 Å². The normalized spacial score (nSPS) is 10.4. The van der Waals surface area contributed by atoms with E-state index in [9.17, 15) is 14.4 Å². The van der Waals surface area contributed by atoms with Crippen LogP contribution >= 0.6 is 0 Å². The van der Waals surface area contributed by atoms with E-state index in [0.29, 0.717) is 5.56 Å². The Labute approximate surface area is 164 Å². The van der Waals surface area contributed by atoms with Gasteiger partial charge in [0.15, 0.2) is 5.92 Å². The molecule has 0 aliphatic heterocycles. The summed E-state index contributed by atoms with van der Waals surface area (Å²) in [5.41, 5.74) is 2.79. The second-order valence-electron chi connectivity index (χ2n) is 5.99. The lowest BCUT2D eigenvalue weighted by Gasteiger charge is -2.17. The Morgan fingerprint density at radius 1 is 0.893 bits per heavy atom. The maximum absolute atomic E-state index is 12.3. The summed E-state index contributed by atoms with van der Waals surface area (Å²) in [6.45, 7) is 3.73. The molecule has 2 aromatic rings. The van der Waals surface area contributed by atoms with Gasteiger partial charge in [0, 0.05) is 0 Å². The van der Waals surface area contributed by atoms with Crippen molar-refractivity contribution in [3.63, 3.8) is 0 Å². The van der Waals surface area contributed by atoms with Gasteiger partial charge in [0.2, 0.25) is 0 Å². The van der Waals surface area contributed by atoms with Crippen molar-refractivity contribution >= 4 is 17.9 Å². The summed E-state index contributed by atoms with van der Waals surface area (Å²) >= 11 is 0. The minimum atomic E-state index is -1.05.